The monoisotopic (exact) mass is 343 g/mol. The van der Waals surface area contributed by atoms with Crippen molar-refractivity contribution in [2.75, 3.05) is 19.0 Å². The van der Waals surface area contributed by atoms with Crippen molar-refractivity contribution in [1.82, 2.24) is 9.71 Å². The fraction of sp³-hybridized carbons (Fsp3) is 0.278. The average Bonchev–Trinajstić information content (AvgIpc) is 2.59. The van der Waals surface area contributed by atoms with Crippen molar-refractivity contribution in [3.8, 4) is 0 Å². The van der Waals surface area contributed by atoms with Gasteiger partial charge in [-0.25, -0.2) is 18.1 Å². The highest BCUT2D eigenvalue weighted by molar-refractivity contribution is 7.93. The number of aromatic nitrogens is 1. The van der Waals surface area contributed by atoms with Crippen molar-refractivity contribution in [3.05, 3.63) is 64.2 Å². The van der Waals surface area contributed by atoms with Gasteiger partial charge in [-0.3, -0.25) is 0 Å². The molecule has 0 radical (unpaired) electrons. The lowest BCUT2D eigenvalue weighted by Gasteiger charge is -2.19. The smallest absolute Gasteiger partial charge is 0.237 e. The van der Waals surface area contributed by atoms with Crippen LogP contribution in [0.5, 0.6) is 0 Å². The number of anilines is 1. The van der Waals surface area contributed by atoms with E-state index in [4.69, 9.17) is 0 Å². The van der Waals surface area contributed by atoms with Crippen molar-refractivity contribution in [3.63, 3.8) is 0 Å². The van der Waals surface area contributed by atoms with E-state index in [1.165, 1.54) is 5.56 Å². The molecule has 1 aromatic carbocycles. The topological polar surface area (TPSA) is 62.3 Å². The molecule has 0 fully saturated rings. The molecule has 0 amide bonds. The Morgan fingerprint density at radius 3 is 2.71 bits per heavy atom. The van der Waals surface area contributed by atoms with Crippen molar-refractivity contribution < 1.29 is 8.42 Å². The predicted octanol–water partition coefficient (Wildman–Crippen LogP) is 2.55. The van der Waals surface area contributed by atoms with Gasteiger partial charge in [0.05, 0.1) is 4.91 Å². The third-order valence-electron chi connectivity index (χ3n) is 4.10. The standard InChI is InChI=1S/C18H21N3O2S/c1-21(2)18-16(8-5-11-19-18)13-20-24(22,23)17-10-9-14-6-3-4-7-15(14)12-17/h3-8,11-12,20H,9-10,13H2,1-2H3. The molecule has 0 spiro atoms. The zero-order valence-corrected chi connectivity index (χ0v) is 14.7. The number of nitrogens with one attached hydrogen (secondary N) is 1. The summed E-state index contributed by atoms with van der Waals surface area (Å²) in [5.74, 6) is 0.767. The van der Waals surface area contributed by atoms with Gasteiger partial charge < -0.3 is 4.90 Å². The number of sulfonamides is 1. The van der Waals surface area contributed by atoms with Crippen molar-refractivity contribution in [2.45, 2.75) is 19.4 Å². The van der Waals surface area contributed by atoms with E-state index in [0.29, 0.717) is 11.3 Å². The Bertz CT molecular complexity index is 873. The van der Waals surface area contributed by atoms with E-state index in [2.05, 4.69) is 9.71 Å². The lowest BCUT2D eigenvalue weighted by Crippen LogP contribution is -2.27. The van der Waals surface area contributed by atoms with Gasteiger partial charge in [0, 0.05) is 32.4 Å². The minimum absolute atomic E-state index is 0.225. The second-order valence-electron chi connectivity index (χ2n) is 6.01. The molecule has 24 heavy (non-hydrogen) atoms. The third-order valence-corrected chi connectivity index (χ3v) is 5.64. The second-order valence-corrected chi connectivity index (χ2v) is 7.83. The van der Waals surface area contributed by atoms with Crippen LogP contribution >= 0.6 is 0 Å². The summed E-state index contributed by atoms with van der Waals surface area (Å²) in [7, 11) is 0.278. The molecular weight excluding hydrogens is 322 g/mol. The summed E-state index contributed by atoms with van der Waals surface area (Å²) in [6, 6.07) is 11.6. The van der Waals surface area contributed by atoms with Crippen LogP contribution in [-0.4, -0.2) is 27.5 Å². The van der Waals surface area contributed by atoms with Crippen LogP contribution in [-0.2, 0) is 23.0 Å². The van der Waals surface area contributed by atoms with E-state index in [-0.39, 0.29) is 6.54 Å². The lowest BCUT2D eigenvalue weighted by molar-refractivity contribution is 0.585. The minimum atomic E-state index is -3.50. The minimum Gasteiger partial charge on any atom is -0.362 e. The molecule has 1 aliphatic carbocycles. The maximum atomic E-state index is 12.6. The zero-order valence-electron chi connectivity index (χ0n) is 13.9. The summed E-state index contributed by atoms with van der Waals surface area (Å²) >= 11 is 0. The van der Waals surface area contributed by atoms with Gasteiger partial charge >= 0.3 is 0 Å². The molecule has 6 heteroatoms. The molecule has 0 bridgehead atoms. The van der Waals surface area contributed by atoms with Gasteiger partial charge in [-0.05, 0) is 36.1 Å². The normalized spacial score (nSPS) is 14.0. The Morgan fingerprint density at radius 1 is 1.12 bits per heavy atom. The van der Waals surface area contributed by atoms with Gasteiger partial charge in [-0.1, -0.05) is 30.3 Å². The van der Waals surface area contributed by atoms with Gasteiger partial charge in [-0.15, -0.1) is 0 Å². The number of allylic oxidation sites excluding steroid dienone is 1. The molecular formula is C18H21N3O2S. The molecule has 1 aliphatic rings. The number of aryl methyl sites for hydroxylation is 1. The maximum Gasteiger partial charge on any atom is 0.237 e. The summed E-state index contributed by atoms with van der Waals surface area (Å²) in [5, 5.41) is 0. The quantitative estimate of drug-likeness (QED) is 0.906. The van der Waals surface area contributed by atoms with Gasteiger partial charge in [0.15, 0.2) is 0 Å². The Morgan fingerprint density at radius 2 is 1.92 bits per heavy atom. The molecule has 0 saturated carbocycles. The number of rotatable bonds is 5. The summed E-state index contributed by atoms with van der Waals surface area (Å²) in [6.07, 6.45) is 4.75. The summed E-state index contributed by atoms with van der Waals surface area (Å²) in [6.45, 7) is 0.225. The molecule has 3 rings (SSSR count). The van der Waals surface area contributed by atoms with Crippen LogP contribution in [0.15, 0.2) is 47.5 Å². The van der Waals surface area contributed by atoms with Crippen LogP contribution in [0.2, 0.25) is 0 Å². The van der Waals surface area contributed by atoms with E-state index < -0.39 is 10.0 Å². The number of benzene rings is 1. The number of pyridine rings is 1. The number of nitrogens with zero attached hydrogens (tertiary/aromatic N) is 2. The molecule has 1 heterocycles. The number of hydrogen-bond acceptors (Lipinski definition) is 4. The fourth-order valence-corrected chi connectivity index (χ4v) is 4.04. The highest BCUT2D eigenvalue weighted by atomic mass is 32.2. The Hall–Kier alpha value is -2.18. The van der Waals surface area contributed by atoms with Gasteiger partial charge in [0.1, 0.15) is 5.82 Å². The van der Waals surface area contributed by atoms with E-state index in [9.17, 15) is 8.42 Å². The second kappa shape index (κ2) is 6.75. The van der Waals surface area contributed by atoms with Crippen LogP contribution < -0.4 is 9.62 Å². The number of hydrogen-bond donors (Lipinski definition) is 1. The van der Waals surface area contributed by atoms with E-state index in [1.54, 1.807) is 12.3 Å². The first-order valence-corrected chi connectivity index (χ1v) is 9.35. The third kappa shape index (κ3) is 3.49. The molecule has 2 aromatic rings. The molecule has 0 saturated heterocycles. The highest BCUT2D eigenvalue weighted by Gasteiger charge is 2.21. The summed E-state index contributed by atoms with van der Waals surface area (Å²) in [5.41, 5.74) is 3.03. The van der Waals surface area contributed by atoms with Crippen LogP contribution in [0.4, 0.5) is 5.82 Å². The van der Waals surface area contributed by atoms with E-state index in [0.717, 1.165) is 23.4 Å². The van der Waals surface area contributed by atoms with Gasteiger partial charge in [-0.2, -0.15) is 0 Å². The molecule has 126 valence electrons. The average molecular weight is 343 g/mol. The summed E-state index contributed by atoms with van der Waals surface area (Å²) in [4.78, 5) is 6.61. The van der Waals surface area contributed by atoms with Gasteiger partial charge in [0.25, 0.3) is 0 Å². The maximum absolute atomic E-state index is 12.6. The Labute approximate surface area is 143 Å². The first kappa shape index (κ1) is 16.7. The van der Waals surface area contributed by atoms with E-state index >= 15 is 0 Å². The molecule has 1 aromatic heterocycles. The molecule has 0 aliphatic heterocycles. The summed E-state index contributed by atoms with van der Waals surface area (Å²) < 4.78 is 28.0. The highest BCUT2D eigenvalue weighted by Crippen LogP contribution is 2.26. The van der Waals surface area contributed by atoms with Crippen LogP contribution in [0.1, 0.15) is 23.1 Å². The number of fused-ring (bicyclic) bond motifs is 1. The van der Waals surface area contributed by atoms with Crippen LogP contribution in [0.25, 0.3) is 6.08 Å². The predicted molar refractivity (Wildman–Crippen MR) is 97.1 cm³/mol. The first-order chi connectivity index (χ1) is 11.5. The van der Waals surface area contributed by atoms with E-state index in [1.807, 2.05) is 55.4 Å². The Balaban J connectivity index is 1.80. The molecule has 1 N–H and O–H groups in total. The zero-order chi connectivity index (χ0) is 17.2. The van der Waals surface area contributed by atoms with Gasteiger partial charge in [0.2, 0.25) is 10.0 Å². The Kier molecular flexibility index (Phi) is 4.69. The largest absolute Gasteiger partial charge is 0.362 e. The van der Waals surface area contributed by atoms with Crippen molar-refractivity contribution in [2.24, 2.45) is 0 Å². The first-order valence-electron chi connectivity index (χ1n) is 7.87. The van der Waals surface area contributed by atoms with Crippen molar-refractivity contribution in [1.29, 1.82) is 0 Å². The van der Waals surface area contributed by atoms with Crippen molar-refractivity contribution >= 4 is 21.9 Å². The lowest BCUT2D eigenvalue weighted by atomic mass is 9.98. The molecule has 5 nitrogen and oxygen atoms in total. The molecule has 0 atom stereocenters. The van der Waals surface area contributed by atoms with Crippen LogP contribution in [0.3, 0.4) is 0 Å². The van der Waals surface area contributed by atoms with Crippen LogP contribution in [0, 0.1) is 0 Å². The molecule has 0 unspecified atom stereocenters. The fourth-order valence-electron chi connectivity index (χ4n) is 2.85. The SMILES string of the molecule is CN(C)c1ncccc1CNS(=O)(=O)C1=Cc2ccccc2CC1.